The second-order valence-corrected chi connectivity index (χ2v) is 3.08. The highest BCUT2D eigenvalue weighted by atomic mass is 15.3. The van der Waals surface area contributed by atoms with Crippen molar-refractivity contribution in [2.45, 2.75) is 26.8 Å². The quantitative estimate of drug-likeness (QED) is 0.681. The summed E-state index contributed by atoms with van der Waals surface area (Å²) in [7, 11) is 0. The van der Waals surface area contributed by atoms with E-state index in [0.29, 0.717) is 11.5 Å². The number of nitrogens with zero attached hydrogens (tertiary/aromatic N) is 3. The van der Waals surface area contributed by atoms with E-state index in [0.717, 1.165) is 13.0 Å². The molecular weight excluding hydrogens is 150 g/mol. The molecule has 0 aliphatic carbocycles. The molecule has 1 unspecified atom stereocenters. The summed E-state index contributed by atoms with van der Waals surface area (Å²) >= 11 is 0. The van der Waals surface area contributed by atoms with Crippen LogP contribution in [-0.2, 0) is 6.54 Å². The third kappa shape index (κ3) is 2.09. The average Bonchev–Trinajstić information content (AvgIpc) is 2.52. The van der Waals surface area contributed by atoms with E-state index in [-0.39, 0.29) is 0 Å². The van der Waals surface area contributed by atoms with Gasteiger partial charge in [0.1, 0.15) is 6.07 Å². The fourth-order valence-corrected chi connectivity index (χ4v) is 0.970. The van der Waals surface area contributed by atoms with Crippen molar-refractivity contribution in [1.29, 1.82) is 5.26 Å². The molecule has 1 rings (SSSR count). The van der Waals surface area contributed by atoms with E-state index >= 15 is 0 Å². The van der Waals surface area contributed by atoms with Crippen molar-refractivity contribution in [3.63, 3.8) is 0 Å². The van der Waals surface area contributed by atoms with Crippen LogP contribution < -0.4 is 0 Å². The largest absolute Gasteiger partial charge is 0.271 e. The Morgan fingerprint density at radius 3 is 3.00 bits per heavy atom. The van der Waals surface area contributed by atoms with Gasteiger partial charge in [-0.3, -0.25) is 4.68 Å². The molecule has 64 valence electrons. The molecule has 12 heavy (non-hydrogen) atoms. The van der Waals surface area contributed by atoms with Crippen LogP contribution in [0.5, 0.6) is 0 Å². The van der Waals surface area contributed by atoms with Crippen molar-refractivity contribution < 1.29 is 0 Å². The number of nitriles is 1. The number of hydrogen-bond donors (Lipinski definition) is 0. The number of aromatic nitrogens is 2. The molecule has 0 bridgehead atoms. The van der Waals surface area contributed by atoms with Crippen molar-refractivity contribution in [2.24, 2.45) is 5.92 Å². The standard InChI is InChI=1S/C9H13N3/c1-3-8(2)6-12-7-9(4-10)5-11-12/h5,7-8H,3,6H2,1-2H3. The summed E-state index contributed by atoms with van der Waals surface area (Å²) in [6.45, 7) is 5.23. The molecule has 0 amide bonds. The highest BCUT2D eigenvalue weighted by Crippen LogP contribution is 2.04. The van der Waals surface area contributed by atoms with Crippen LogP contribution in [-0.4, -0.2) is 9.78 Å². The van der Waals surface area contributed by atoms with Crippen LogP contribution in [0.15, 0.2) is 12.4 Å². The van der Waals surface area contributed by atoms with E-state index in [1.165, 1.54) is 0 Å². The topological polar surface area (TPSA) is 41.6 Å². The molecule has 1 aromatic heterocycles. The maximum Gasteiger partial charge on any atom is 0.102 e. The molecular formula is C9H13N3. The van der Waals surface area contributed by atoms with Crippen molar-refractivity contribution in [1.82, 2.24) is 9.78 Å². The predicted molar refractivity (Wildman–Crippen MR) is 46.4 cm³/mol. The van der Waals surface area contributed by atoms with Gasteiger partial charge in [-0.15, -0.1) is 0 Å². The lowest BCUT2D eigenvalue weighted by Gasteiger charge is -2.06. The van der Waals surface area contributed by atoms with Crippen LogP contribution in [0, 0.1) is 17.2 Å². The smallest absolute Gasteiger partial charge is 0.102 e. The highest BCUT2D eigenvalue weighted by Gasteiger charge is 2.01. The van der Waals surface area contributed by atoms with Gasteiger partial charge in [0.15, 0.2) is 0 Å². The molecule has 3 heteroatoms. The Kier molecular flexibility index (Phi) is 2.87. The average molecular weight is 163 g/mol. The first kappa shape index (κ1) is 8.79. The molecule has 0 N–H and O–H groups in total. The van der Waals surface area contributed by atoms with Crippen molar-refractivity contribution in [3.8, 4) is 6.07 Å². The molecule has 0 spiro atoms. The third-order valence-electron chi connectivity index (χ3n) is 1.96. The SMILES string of the molecule is CCC(C)Cn1cc(C#N)cn1. The van der Waals surface area contributed by atoms with Crippen LogP contribution in [0.25, 0.3) is 0 Å². The van der Waals surface area contributed by atoms with E-state index in [1.54, 1.807) is 12.4 Å². The molecule has 0 aliphatic heterocycles. The summed E-state index contributed by atoms with van der Waals surface area (Å²) in [5.74, 6) is 0.622. The Morgan fingerprint density at radius 1 is 1.75 bits per heavy atom. The van der Waals surface area contributed by atoms with E-state index in [1.807, 2.05) is 4.68 Å². The summed E-state index contributed by atoms with van der Waals surface area (Å²) < 4.78 is 1.83. The first-order valence-electron chi connectivity index (χ1n) is 4.18. The Morgan fingerprint density at radius 2 is 2.50 bits per heavy atom. The summed E-state index contributed by atoms with van der Waals surface area (Å²) in [6, 6.07) is 2.06. The molecule has 1 aromatic rings. The Balaban J connectivity index is 2.59. The van der Waals surface area contributed by atoms with Crippen molar-refractivity contribution in [3.05, 3.63) is 18.0 Å². The second kappa shape index (κ2) is 3.91. The summed E-state index contributed by atoms with van der Waals surface area (Å²) in [4.78, 5) is 0. The number of rotatable bonds is 3. The fourth-order valence-electron chi connectivity index (χ4n) is 0.970. The zero-order valence-corrected chi connectivity index (χ0v) is 7.49. The van der Waals surface area contributed by atoms with E-state index in [2.05, 4.69) is 25.0 Å². The van der Waals surface area contributed by atoms with Crippen LogP contribution in [0.4, 0.5) is 0 Å². The van der Waals surface area contributed by atoms with Crippen LogP contribution in [0.2, 0.25) is 0 Å². The zero-order valence-electron chi connectivity index (χ0n) is 7.49. The lowest BCUT2D eigenvalue weighted by Crippen LogP contribution is -2.06. The Labute approximate surface area is 72.6 Å². The molecule has 3 nitrogen and oxygen atoms in total. The molecule has 1 atom stereocenters. The lowest BCUT2D eigenvalue weighted by molar-refractivity contribution is 0.439. The van der Waals surface area contributed by atoms with Gasteiger partial charge in [-0.25, -0.2) is 0 Å². The second-order valence-electron chi connectivity index (χ2n) is 3.08. The van der Waals surface area contributed by atoms with E-state index < -0.39 is 0 Å². The summed E-state index contributed by atoms with van der Waals surface area (Å²) in [5.41, 5.74) is 0.637. The van der Waals surface area contributed by atoms with Crippen LogP contribution in [0.3, 0.4) is 0 Å². The fraction of sp³-hybridized carbons (Fsp3) is 0.556. The lowest BCUT2D eigenvalue weighted by atomic mass is 10.1. The van der Waals surface area contributed by atoms with E-state index in [4.69, 9.17) is 5.26 Å². The minimum absolute atomic E-state index is 0.622. The first-order valence-corrected chi connectivity index (χ1v) is 4.18. The third-order valence-corrected chi connectivity index (χ3v) is 1.96. The minimum Gasteiger partial charge on any atom is -0.271 e. The summed E-state index contributed by atoms with van der Waals surface area (Å²) in [5, 5.41) is 12.6. The molecule has 0 aliphatic rings. The van der Waals surface area contributed by atoms with Gasteiger partial charge in [-0.1, -0.05) is 20.3 Å². The van der Waals surface area contributed by atoms with Gasteiger partial charge >= 0.3 is 0 Å². The highest BCUT2D eigenvalue weighted by molar-refractivity contribution is 5.21. The minimum atomic E-state index is 0.622. The number of hydrogen-bond acceptors (Lipinski definition) is 2. The van der Waals surface area contributed by atoms with E-state index in [9.17, 15) is 0 Å². The molecule has 0 fully saturated rings. The maximum absolute atomic E-state index is 8.54. The van der Waals surface area contributed by atoms with Gasteiger partial charge in [-0.2, -0.15) is 10.4 Å². The van der Waals surface area contributed by atoms with Gasteiger partial charge in [0.2, 0.25) is 0 Å². The van der Waals surface area contributed by atoms with Gasteiger partial charge in [0.05, 0.1) is 11.8 Å². The van der Waals surface area contributed by atoms with Gasteiger partial charge in [0.25, 0.3) is 0 Å². The molecule has 0 saturated heterocycles. The Hall–Kier alpha value is -1.30. The first-order chi connectivity index (χ1) is 5.76. The molecule has 0 saturated carbocycles. The van der Waals surface area contributed by atoms with Crippen LogP contribution >= 0.6 is 0 Å². The van der Waals surface area contributed by atoms with Gasteiger partial charge < -0.3 is 0 Å². The summed E-state index contributed by atoms with van der Waals surface area (Å²) in [6.07, 6.45) is 4.52. The molecule has 0 radical (unpaired) electrons. The van der Waals surface area contributed by atoms with Crippen molar-refractivity contribution >= 4 is 0 Å². The maximum atomic E-state index is 8.54. The predicted octanol–water partition coefficient (Wildman–Crippen LogP) is 1.80. The van der Waals surface area contributed by atoms with Gasteiger partial charge in [0, 0.05) is 12.7 Å². The van der Waals surface area contributed by atoms with Crippen LogP contribution in [0.1, 0.15) is 25.8 Å². The zero-order chi connectivity index (χ0) is 8.97. The molecule has 0 aromatic carbocycles. The van der Waals surface area contributed by atoms with Crippen molar-refractivity contribution in [2.75, 3.05) is 0 Å². The van der Waals surface area contributed by atoms with Gasteiger partial charge in [-0.05, 0) is 5.92 Å². The normalized spacial score (nSPS) is 12.4. The Bertz CT molecular complexity index is 282. The monoisotopic (exact) mass is 163 g/mol. The molecule has 1 heterocycles.